The maximum absolute atomic E-state index is 11.1. The maximum atomic E-state index is 11.1. The van der Waals surface area contributed by atoms with Crippen molar-refractivity contribution < 1.29 is 14.7 Å². The zero-order valence-corrected chi connectivity index (χ0v) is 8.38. The summed E-state index contributed by atoms with van der Waals surface area (Å²) < 4.78 is 0. The van der Waals surface area contributed by atoms with Gasteiger partial charge in [-0.25, -0.2) is 4.79 Å². The summed E-state index contributed by atoms with van der Waals surface area (Å²) in [5.41, 5.74) is 1.45. The number of hydrogen-bond acceptors (Lipinski definition) is 3. The Hall–Kier alpha value is -2.23. The molecule has 4 nitrogen and oxygen atoms in total. The van der Waals surface area contributed by atoms with Gasteiger partial charge < -0.3 is 5.11 Å². The van der Waals surface area contributed by atoms with Crippen LogP contribution in [0.3, 0.4) is 0 Å². The van der Waals surface area contributed by atoms with Gasteiger partial charge in [0, 0.05) is 18.0 Å². The predicted octanol–water partition coefficient (Wildman–Crippen LogP) is 1.43. The van der Waals surface area contributed by atoms with Gasteiger partial charge in [-0.05, 0) is 17.7 Å². The zero-order chi connectivity index (χ0) is 11.5. The number of hydrogen-bond donors (Lipinski definition) is 1. The normalized spacial score (nSPS) is 10.2. The number of carboxylic acids is 1. The first kappa shape index (κ1) is 10.3. The molecule has 0 bridgehead atoms. The monoisotopic (exact) mass is 215 g/mol. The molecule has 0 aliphatic carbocycles. The van der Waals surface area contributed by atoms with E-state index in [2.05, 4.69) is 4.98 Å². The van der Waals surface area contributed by atoms with Crippen LogP contribution in [0.25, 0.3) is 10.9 Å². The van der Waals surface area contributed by atoms with Gasteiger partial charge in [0.15, 0.2) is 0 Å². The first-order chi connectivity index (χ1) is 7.68. The lowest BCUT2D eigenvalue weighted by molar-refractivity contribution is -0.148. The number of carboxylic acid groups (broad SMARTS) is 1. The molecule has 2 rings (SSSR count). The summed E-state index contributed by atoms with van der Waals surface area (Å²) in [5.74, 6) is -2.21. The van der Waals surface area contributed by atoms with Gasteiger partial charge in [-0.3, -0.25) is 9.78 Å². The highest BCUT2D eigenvalue weighted by Crippen LogP contribution is 2.16. The van der Waals surface area contributed by atoms with Gasteiger partial charge in [-0.2, -0.15) is 0 Å². The number of pyridine rings is 1. The summed E-state index contributed by atoms with van der Waals surface area (Å²) >= 11 is 0. The molecule has 0 radical (unpaired) electrons. The minimum absolute atomic E-state index is 0.0988. The highest BCUT2D eigenvalue weighted by atomic mass is 16.4. The smallest absolute Gasteiger partial charge is 0.372 e. The average molecular weight is 215 g/mol. The molecule has 0 spiro atoms. The van der Waals surface area contributed by atoms with E-state index in [4.69, 9.17) is 5.11 Å². The topological polar surface area (TPSA) is 67.3 Å². The Morgan fingerprint density at radius 3 is 2.75 bits per heavy atom. The molecule has 2 aromatic rings. The molecule has 0 atom stereocenters. The molecule has 0 saturated heterocycles. The van der Waals surface area contributed by atoms with E-state index in [1.807, 2.05) is 12.1 Å². The van der Waals surface area contributed by atoms with Gasteiger partial charge in [0.1, 0.15) is 0 Å². The SMILES string of the molecule is O=C(O)C(=O)Cc1cccc2ncccc12. The second kappa shape index (κ2) is 4.10. The van der Waals surface area contributed by atoms with Crippen molar-refractivity contribution in [1.29, 1.82) is 0 Å². The standard InChI is InChI=1S/C12H9NO3/c14-11(12(15)16)7-8-3-1-5-10-9(8)4-2-6-13-10/h1-6H,7H2,(H,15,16). The lowest BCUT2D eigenvalue weighted by Crippen LogP contribution is -2.15. The third-order valence-electron chi connectivity index (χ3n) is 2.33. The number of aliphatic carboxylic acids is 1. The molecule has 0 amide bonds. The largest absolute Gasteiger partial charge is 0.475 e. The van der Waals surface area contributed by atoms with Crippen LogP contribution in [0.4, 0.5) is 0 Å². The number of ketones is 1. The average Bonchev–Trinajstić information content (AvgIpc) is 2.29. The zero-order valence-electron chi connectivity index (χ0n) is 8.38. The Kier molecular flexibility index (Phi) is 2.64. The number of aromatic nitrogens is 1. The van der Waals surface area contributed by atoms with Crippen LogP contribution in [-0.4, -0.2) is 21.8 Å². The van der Waals surface area contributed by atoms with Crippen LogP contribution in [0.1, 0.15) is 5.56 Å². The second-order valence-corrected chi connectivity index (χ2v) is 3.39. The summed E-state index contributed by atoms with van der Waals surface area (Å²) in [6, 6.07) is 8.92. The van der Waals surface area contributed by atoms with E-state index in [0.29, 0.717) is 5.56 Å². The molecule has 1 heterocycles. The third kappa shape index (κ3) is 1.91. The molecule has 1 aromatic carbocycles. The van der Waals surface area contributed by atoms with Crippen LogP contribution in [0, 0.1) is 0 Å². The van der Waals surface area contributed by atoms with Crippen LogP contribution < -0.4 is 0 Å². The van der Waals surface area contributed by atoms with E-state index in [9.17, 15) is 9.59 Å². The molecule has 80 valence electrons. The number of nitrogens with zero attached hydrogens (tertiary/aromatic N) is 1. The maximum Gasteiger partial charge on any atom is 0.372 e. The molecule has 1 N–H and O–H groups in total. The van der Waals surface area contributed by atoms with Crippen LogP contribution in [0.2, 0.25) is 0 Å². The molecular formula is C12H9NO3. The molecule has 0 saturated carbocycles. The molecule has 4 heteroatoms. The minimum atomic E-state index is -1.40. The van der Waals surface area contributed by atoms with Gasteiger partial charge in [0.05, 0.1) is 5.52 Å². The molecule has 0 fully saturated rings. The molecule has 1 aromatic heterocycles. The number of Topliss-reactive ketones (excluding diaryl/α,β-unsaturated/α-hetero) is 1. The molecular weight excluding hydrogens is 206 g/mol. The summed E-state index contributed by atoms with van der Waals surface area (Å²) in [5, 5.41) is 9.37. The predicted molar refractivity (Wildman–Crippen MR) is 58.1 cm³/mol. The van der Waals surface area contributed by atoms with Crippen molar-refractivity contribution in [2.45, 2.75) is 6.42 Å². The van der Waals surface area contributed by atoms with Gasteiger partial charge in [-0.15, -0.1) is 0 Å². The molecule has 0 aliphatic heterocycles. The van der Waals surface area contributed by atoms with Crippen molar-refractivity contribution >= 4 is 22.7 Å². The Morgan fingerprint density at radius 2 is 2.00 bits per heavy atom. The van der Waals surface area contributed by atoms with Crippen LogP contribution in [-0.2, 0) is 16.0 Å². The number of carbonyl (C=O) groups is 2. The lowest BCUT2D eigenvalue weighted by atomic mass is 10.0. The molecule has 16 heavy (non-hydrogen) atoms. The van der Waals surface area contributed by atoms with Gasteiger partial charge in [-0.1, -0.05) is 18.2 Å². The lowest BCUT2D eigenvalue weighted by Gasteiger charge is -2.03. The Bertz CT molecular complexity index is 558. The van der Waals surface area contributed by atoms with Gasteiger partial charge >= 0.3 is 5.97 Å². The van der Waals surface area contributed by atoms with E-state index in [-0.39, 0.29) is 6.42 Å². The number of benzene rings is 1. The van der Waals surface area contributed by atoms with Crippen molar-refractivity contribution in [2.75, 3.05) is 0 Å². The Labute approximate surface area is 91.5 Å². The van der Waals surface area contributed by atoms with Crippen molar-refractivity contribution in [2.24, 2.45) is 0 Å². The second-order valence-electron chi connectivity index (χ2n) is 3.39. The van der Waals surface area contributed by atoms with E-state index in [1.165, 1.54) is 0 Å². The number of carbonyl (C=O) groups excluding carboxylic acids is 1. The Balaban J connectivity index is 2.45. The van der Waals surface area contributed by atoms with Crippen molar-refractivity contribution in [1.82, 2.24) is 4.98 Å². The van der Waals surface area contributed by atoms with Crippen LogP contribution in [0.15, 0.2) is 36.5 Å². The van der Waals surface area contributed by atoms with Crippen molar-refractivity contribution in [3.05, 3.63) is 42.1 Å². The Morgan fingerprint density at radius 1 is 1.19 bits per heavy atom. The minimum Gasteiger partial charge on any atom is -0.475 e. The summed E-state index contributed by atoms with van der Waals surface area (Å²) in [7, 11) is 0. The fourth-order valence-electron chi connectivity index (χ4n) is 1.57. The molecule has 0 unspecified atom stereocenters. The van der Waals surface area contributed by atoms with Gasteiger partial charge in [0.2, 0.25) is 5.78 Å². The highest BCUT2D eigenvalue weighted by Gasteiger charge is 2.13. The quantitative estimate of drug-likeness (QED) is 0.786. The summed E-state index contributed by atoms with van der Waals surface area (Å²) in [4.78, 5) is 25.7. The van der Waals surface area contributed by atoms with Crippen molar-refractivity contribution in [3.8, 4) is 0 Å². The van der Waals surface area contributed by atoms with E-state index >= 15 is 0 Å². The highest BCUT2D eigenvalue weighted by molar-refractivity contribution is 6.33. The van der Waals surface area contributed by atoms with Crippen LogP contribution >= 0.6 is 0 Å². The number of fused-ring (bicyclic) bond motifs is 1. The fourth-order valence-corrected chi connectivity index (χ4v) is 1.57. The first-order valence-corrected chi connectivity index (χ1v) is 4.77. The van der Waals surface area contributed by atoms with Crippen LogP contribution in [0.5, 0.6) is 0 Å². The van der Waals surface area contributed by atoms with E-state index in [0.717, 1.165) is 10.9 Å². The third-order valence-corrected chi connectivity index (χ3v) is 2.33. The summed E-state index contributed by atoms with van der Waals surface area (Å²) in [6.45, 7) is 0. The molecule has 0 aliphatic rings. The van der Waals surface area contributed by atoms with Crippen molar-refractivity contribution in [3.63, 3.8) is 0 Å². The first-order valence-electron chi connectivity index (χ1n) is 4.77. The van der Waals surface area contributed by atoms with E-state index < -0.39 is 11.8 Å². The number of rotatable bonds is 3. The fraction of sp³-hybridized carbons (Fsp3) is 0.0833. The van der Waals surface area contributed by atoms with Gasteiger partial charge in [0.25, 0.3) is 0 Å². The van der Waals surface area contributed by atoms with E-state index in [1.54, 1.807) is 24.4 Å². The summed E-state index contributed by atoms with van der Waals surface area (Å²) in [6.07, 6.45) is 1.56.